The van der Waals surface area contributed by atoms with Crippen LogP contribution in [0, 0.1) is 4.91 Å². The quantitative estimate of drug-likeness (QED) is 0.610. The highest BCUT2D eigenvalue weighted by Gasteiger charge is 2.23. The molecule has 1 atom stereocenters. The van der Waals surface area contributed by atoms with Gasteiger partial charge in [0.1, 0.15) is 0 Å². The van der Waals surface area contributed by atoms with Crippen molar-refractivity contribution in [3.8, 4) is 0 Å². The second-order valence-corrected chi connectivity index (χ2v) is 2.86. The van der Waals surface area contributed by atoms with E-state index >= 15 is 0 Å². The molecule has 2 rings (SSSR count). The number of nitrogens with zero attached hydrogens (tertiary/aromatic N) is 1. The first-order valence-electron chi connectivity index (χ1n) is 3.97. The van der Waals surface area contributed by atoms with Gasteiger partial charge in [0.15, 0.2) is 11.8 Å². The van der Waals surface area contributed by atoms with Crippen LogP contribution in [0.5, 0.6) is 0 Å². The fourth-order valence-corrected chi connectivity index (χ4v) is 1.39. The molecular weight excluding hydrogens is 166 g/mol. The van der Waals surface area contributed by atoms with Crippen LogP contribution in [-0.4, -0.2) is 11.8 Å². The number of nitroso groups, excluding NO2 is 1. The van der Waals surface area contributed by atoms with Gasteiger partial charge in [-0.05, 0) is 11.6 Å². The molecule has 0 radical (unpaired) electrons. The summed E-state index contributed by atoms with van der Waals surface area (Å²) in [4.78, 5) is 21.8. The first-order valence-corrected chi connectivity index (χ1v) is 3.97. The van der Waals surface area contributed by atoms with E-state index in [-0.39, 0.29) is 5.78 Å². The van der Waals surface area contributed by atoms with E-state index in [1.54, 1.807) is 18.2 Å². The molecule has 0 N–H and O–H groups in total. The zero-order valence-corrected chi connectivity index (χ0v) is 6.81. The van der Waals surface area contributed by atoms with Gasteiger partial charge in [0, 0.05) is 5.56 Å². The number of ketones is 1. The number of carbonyl (C=O) groups excluding carboxylic acids is 1. The van der Waals surface area contributed by atoms with Crippen molar-refractivity contribution >= 4 is 11.9 Å². The van der Waals surface area contributed by atoms with Gasteiger partial charge < -0.3 is 0 Å². The lowest BCUT2D eigenvalue weighted by atomic mass is 9.93. The maximum Gasteiger partial charge on any atom is 0.195 e. The molecule has 0 heterocycles. The summed E-state index contributed by atoms with van der Waals surface area (Å²) < 4.78 is 0. The Morgan fingerprint density at radius 3 is 2.77 bits per heavy atom. The Bertz CT molecular complexity index is 396. The Labute approximate surface area is 75.1 Å². The van der Waals surface area contributed by atoms with Crippen molar-refractivity contribution in [2.24, 2.45) is 5.18 Å². The Kier molecular flexibility index (Phi) is 1.77. The molecule has 0 bridgehead atoms. The average Bonchev–Trinajstić information content (AvgIpc) is 2.19. The van der Waals surface area contributed by atoms with Crippen LogP contribution >= 0.6 is 0 Å². The van der Waals surface area contributed by atoms with Crippen molar-refractivity contribution in [2.75, 3.05) is 0 Å². The smallest absolute Gasteiger partial charge is 0.195 e. The largest absolute Gasteiger partial charge is 0.291 e. The number of carbonyl (C=O) groups is 1. The highest BCUT2D eigenvalue weighted by atomic mass is 16.3. The summed E-state index contributed by atoms with van der Waals surface area (Å²) in [7, 11) is 0. The molecule has 1 aliphatic rings. The van der Waals surface area contributed by atoms with Crippen LogP contribution in [0.3, 0.4) is 0 Å². The fraction of sp³-hybridized carbons (Fsp3) is 0.100. The van der Waals surface area contributed by atoms with Gasteiger partial charge in [-0.3, -0.25) is 4.79 Å². The third-order valence-corrected chi connectivity index (χ3v) is 2.07. The normalized spacial score (nSPS) is 19.7. The van der Waals surface area contributed by atoms with Gasteiger partial charge in [-0.2, -0.15) is 0 Å². The monoisotopic (exact) mass is 173 g/mol. The van der Waals surface area contributed by atoms with E-state index in [1.165, 1.54) is 6.08 Å². The SMILES string of the molecule is O=N[C@H]1C=Cc2ccccc2C1=O. The summed E-state index contributed by atoms with van der Waals surface area (Å²) in [5.74, 6) is -0.215. The number of benzene rings is 1. The molecule has 13 heavy (non-hydrogen) atoms. The summed E-state index contributed by atoms with van der Waals surface area (Å²) in [6.45, 7) is 0. The zero-order chi connectivity index (χ0) is 9.26. The van der Waals surface area contributed by atoms with Gasteiger partial charge in [0.05, 0.1) is 0 Å². The van der Waals surface area contributed by atoms with Gasteiger partial charge in [-0.1, -0.05) is 35.5 Å². The molecule has 1 aromatic rings. The molecule has 0 spiro atoms. The van der Waals surface area contributed by atoms with Gasteiger partial charge >= 0.3 is 0 Å². The summed E-state index contributed by atoms with van der Waals surface area (Å²) in [6, 6.07) is 6.34. The molecule has 0 unspecified atom stereocenters. The molecule has 0 fully saturated rings. The molecule has 64 valence electrons. The highest BCUT2D eigenvalue weighted by Crippen LogP contribution is 2.20. The van der Waals surface area contributed by atoms with Crippen LogP contribution in [0.25, 0.3) is 6.08 Å². The van der Waals surface area contributed by atoms with Gasteiger partial charge in [0.25, 0.3) is 0 Å². The summed E-state index contributed by atoms with van der Waals surface area (Å²) in [5, 5.41) is 2.74. The third kappa shape index (κ3) is 1.18. The number of hydrogen-bond acceptors (Lipinski definition) is 3. The molecule has 0 amide bonds. The Morgan fingerprint density at radius 1 is 1.23 bits per heavy atom. The number of hydrogen-bond donors (Lipinski definition) is 0. The first kappa shape index (κ1) is 7.86. The third-order valence-electron chi connectivity index (χ3n) is 2.07. The van der Waals surface area contributed by atoms with Crippen LogP contribution in [0.15, 0.2) is 35.5 Å². The number of Topliss-reactive ketones (excluding diaryl/α,β-unsaturated/α-hetero) is 1. The van der Waals surface area contributed by atoms with Crippen LogP contribution in [-0.2, 0) is 0 Å². The summed E-state index contributed by atoms with van der Waals surface area (Å²) in [6.07, 6.45) is 3.28. The zero-order valence-electron chi connectivity index (χ0n) is 6.81. The molecular formula is C10H7NO2. The lowest BCUT2D eigenvalue weighted by Gasteiger charge is -2.11. The molecule has 3 heteroatoms. The van der Waals surface area contributed by atoms with E-state index in [2.05, 4.69) is 5.18 Å². The van der Waals surface area contributed by atoms with Crippen molar-refractivity contribution in [3.05, 3.63) is 46.4 Å². The topological polar surface area (TPSA) is 46.5 Å². The second-order valence-electron chi connectivity index (χ2n) is 2.86. The van der Waals surface area contributed by atoms with Crippen LogP contribution < -0.4 is 0 Å². The fourth-order valence-electron chi connectivity index (χ4n) is 1.39. The molecule has 0 saturated carbocycles. The van der Waals surface area contributed by atoms with E-state index < -0.39 is 6.04 Å². The van der Waals surface area contributed by atoms with Crippen molar-refractivity contribution in [1.29, 1.82) is 0 Å². The molecule has 1 aliphatic carbocycles. The van der Waals surface area contributed by atoms with Crippen molar-refractivity contribution in [3.63, 3.8) is 0 Å². The maximum absolute atomic E-state index is 11.5. The minimum atomic E-state index is -0.838. The van der Waals surface area contributed by atoms with Gasteiger partial charge in [0.2, 0.25) is 0 Å². The molecule has 0 saturated heterocycles. The van der Waals surface area contributed by atoms with Crippen LogP contribution in [0.1, 0.15) is 15.9 Å². The Balaban J connectivity index is 2.54. The van der Waals surface area contributed by atoms with E-state index in [0.29, 0.717) is 5.56 Å². The number of rotatable bonds is 1. The summed E-state index contributed by atoms with van der Waals surface area (Å²) >= 11 is 0. The Hall–Kier alpha value is -1.77. The lowest BCUT2D eigenvalue weighted by molar-refractivity contribution is 0.0977. The van der Waals surface area contributed by atoms with Crippen LogP contribution in [0.2, 0.25) is 0 Å². The van der Waals surface area contributed by atoms with E-state index in [9.17, 15) is 9.70 Å². The lowest BCUT2D eigenvalue weighted by Crippen LogP contribution is -2.19. The maximum atomic E-state index is 11.5. The van der Waals surface area contributed by atoms with Gasteiger partial charge in [-0.15, -0.1) is 4.91 Å². The molecule has 1 aromatic carbocycles. The average molecular weight is 173 g/mol. The van der Waals surface area contributed by atoms with Crippen LogP contribution in [0.4, 0.5) is 0 Å². The molecule has 3 nitrogen and oxygen atoms in total. The van der Waals surface area contributed by atoms with E-state index in [4.69, 9.17) is 0 Å². The van der Waals surface area contributed by atoms with Crippen molar-refractivity contribution < 1.29 is 4.79 Å². The molecule has 0 aliphatic heterocycles. The van der Waals surface area contributed by atoms with Crippen molar-refractivity contribution in [2.45, 2.75) is 6.04 Å². The minimum Gasteiger partial charge on any atom is -0.291 e. The Morgan fingerprint density at radius 2 is 2.00 bits per heavy atom. The first-order chi connectivity index (χ1) is 6.33. The summed E-state index contributed by atoms with van der Waals surface area (Å²) in [5.41, 5.74) is 1.43. The number of fused-ring (bicyclic) bond motifs is 1. The molecule has 0 aromatic heterocycles. The van der Waals surface area contributed by atoms with E-state index in [1.807, 2.05) is 12.1 Å². The highest BCUT2D eigenvalue weighted by molar-refractivity contribution is 6.06. The minimum absolute atomic E-state index is 0.215. The standard InChI is InChI=1S/C10H7NO2/c12-10-8-4-2-1-3-7(8)5-6-9(10)11-13/h1-6,9H/t9-/m0/s1. The predicted molar refractivity (Wildman–Crippen MR) is 49.4 cm³/mol. The second kappa shape index (κ2) is 2.94. The van der Waals surface area contributed by atoms with Gasteiger partial charge in [-0.25, -0.2) is 0 Å². The predicted octanol–water partition coefficient (Wildman–Crippen LogP) is 2.03. The van der Waals surface area contributed by atoms with Crippen molar-refractivity contribution in [1.82, 2.24) is 0 Å². The van der Waals surface area contributed by atoms with E-state index in [0.717, 1.165) is 5.56 Å².